The summed E-state index contributed by atoms with van der Waals surface area (Å²) in [5.74, 6) is 0. The van der Waals surface area contributed by atoms with E-state index in [9.17, 15) is 0 Å². The Balaban J connectivity index is 1.93. The molecule has 0 heterocycles. The minimum atomic E-state index is 0.954. The van der Waals surface area contributed by atoms with Gasteiger partial charge in [-0.25, -0.2) is 0 Å². The van der Waals surface area contributed by atoms with Crippen molar-refractivity contribution >= 4 is 5.71 Å². The SMILES string of the molecule is CC1=CC(NN=C(c2ccccc2)c2ccccc2)=CC1. The molecule has 1 aliphatic carbocycles. The number of rotatable bonds is 4. The molecular weight excluding hydrogens is 256 g/mol. The van der Waals surface area contributed by atoms with Gasteiger partial charge in [0.25, 0.3) is 0 Å². The predicted molar refractivity (Wildman–Crippen MR) is 88.1 cm³/mol. The van der Waals surface area contributed by atoms with Crippen molar-refractivity contribution in [2.75, 3.05) is 0 Å². The second kappa shape index (κ2) is 6.23. The van der Waals surface area contributed by atoms with Gasteiger partial charge in [-0.2, -0.15) is 5.10 Å². The van der Waals surface area contributed by atoms with Crippen LogP contribution in [-0.2, 0) is 0 Å². The molecule has 104 valence electrons. The third-order valence-electron chi connectivity index (χ3n) is 3.44. The number of nitrogens with zero attached hydrogens (tertiary/aromatic N) is 1. The standard InChI is InChI=1S/C19H18N2/c1-15-12-13-18(14-15)20-21-19(16-8-4-2-5-9-16)17-10-6-3-7-11-17/h2-11,13-14,20H,12H2,1H3. The highest BCUT2D eigenvalue weighted by molar-refractivity contribution is 6.12. The zero-order valence-corrected chi connectivity index (χ0v) is 12.1. The van der Waals surface area contributed by atoms with Crippen LogP contribution in [0.15, 0.2) is 89.2 Å². The van der Waals surface area contributed by atoms with Crippen molar-refractivity contribution in [1.82, 2.24) is 5.43 Å². The average Bonchev–Trinajstić information content (AvgIpc) is 2.95. The van der Waals surface area contributed by atoms with Crippen molar-refractivity contribution in [2.24, 2.45) is 5.10 Å². The lowest BCUT2D eigenvalue weighted by Gasteiger charge is -2.08. The summed E-state index contributed by atoms with van der Waals surface area (Å²) in [6.45, 7) is 2.13. The first-order valence-corrected chi connectivity index (χ1v) is 7.15. The molecule has 0 saturated heterocycles. The van der Waals surface area contributed by atoms with Gasteiger partial charge in [0.15, 0.2) is 0 Å². The molecule has 0 atom stereocenters. The molecule has 0 bridgehead atoms. The smallest absolute Gasteiger partial charge is 0.0977 e. The molecule has 0 amide bonds. The van der Waals surface area contributed by atoms with Crippen LogP contribution in [0, 0.1) is 0 Å². The molecule has 2 nitrogen and oxygen atoms in total. The quantitative estimate of drug-likeness (QED) is 0.653. The van der Waals surface area contributed by atoms with Crippen LogP contribution < -0.4 is 5.43 Å². The summed E-state index contributed by atoms with van der Waals surface area (Å²) in [5, 5.41) is 4.63. The molecule has 0 fully saturated rings. The van der Waals surface area contributed by atoms with Crippen molar-refractivity contribution in [3.63, 3.8) is 0 Å². The van der Waals surface area contributed by atoms with Crippen LogP contribution in [0.25, 0.3) is 0 Å². The van der Waals surface area contributed by atoms with E-state index in [-0.39, 0.29) is 0 Å². The van der Waals surface area contributed by atoms with Crippen LogP contribution in [0.4, 0.5) is 0 Å². The maximum Gasteiger partial charge on any atom is 0.0977 e. The zero-order valence-electron chi connectivity index (χ0n) is 12.1. The summed E-state index contributed by atoms with van der Waals surface area (Å²) in [4.78, 5) is 0. The van der Waals surface area contributed by atoms with Gasteiger partial charge >= 0.3 is 0 Å². The minimum absolute atomic E-state index is 0.954. The lowest BCUT2D eigenvalue weighted by atomic mass is 10.0. The van der Waals surface area contributed by atoms with E-state index in [1.165, 1.54) is 5.57 Å². The molecule has 2 aromatic rings. The molecular formula is C19H18N2. The van der Waals surface area contributed by atoms with Gasteiger partial charge in [0.05, 0.1) is 11.4 Å². The highest BCUT2D eigenvalue weighted by atomic mass is 15.3. The first-order chi connectivity index (χ1) is 10.3. The number of allylic oxidation sites excluding steroid dienone is 3. The van der Waals surface area contributed by atoms with E-state index in [2.05, 4.69) is 53.9 Å². The fourth-order valence-electron chi connectivity index (χ4n) is 2.34. The molecule has 0 unspecified atom stereocenters. The summed E-state index contributed by atoms with van der Waals surface area (Å²) < 4.78 is 0. The Labute approximate surface area is 125 Å². The van der Waals surface area contributed by atoms with Crippen molar-refractivity contribution in [1.29, 1.82) is 0 Å². The highest BCUT2D eigenvalue weighted by Crippen LogP contribution is 2.15. The molecule has 0 aliphatic heterocycles. The van der Waals surface area contributed by atoms with Crippen LogP contribution in [0.2, 0.25) is 0 Å². The Hall–Kier alpha value is -2.61. The van der Waals surface area contributed by atoms with Gasteiger partial charge in [0.1, 0.15) is 0 Å². The molecule has 21 heavy (non-hydrogen) atoms. The van der Waals surface area contributed by atoms with Gasteiger partial charge in [0, 0.05) is 11.1 Å². The van der Waals surface area contributed by atoms with Crippen molar-refractivity contribution in [3.05, 3.63) is 95.2 Å². The van der Waals surface area contributed by atoms with Crippen LogP contribution in [0.3, 0.4) is 0 Å². The lowest BCUT2D eigenvalue weighted by Crippen LogP contribution is -2.11. The van der Waals surface area contributed by atoms with Gasteiger partial charge in [0.2, 0.25) is 0 Å². The van der Waals surface area contributed by atoms with Gasteiger partial charge < -0.3 is 0 Å². The zero-order chi connectivity index (χ0) is 14.5. The number of benzene rings is 2. The van der Waals surface area contributed by atoms with E-state index in [1.54, 1.807) is 0 Å². The number of nitrogens with one attached hydrogen (secondary N) is 1. The van der Waals surface area contributed by atoms with Gasteiger partial charge in [-0.1, -0.05) is 72.3 Å². The fraction of sp³-hybridized carbons (Fsp3) is 0.105. The first kappa shape index (κ1) is 13.4. The molecule has 0 aromatic heterocycles. The second-order valence-electron chi connectivity index (χ2n) is 5.16. The van der Waals surface area contributed by atoms with E-state index < -0.39 is 0 Å². The third kappa shape index (κ3) is 3.29. The molecule has 0 saturated carbocycles. The first-order valence-electron chi connectivity index (χ1n) is 7.15. The van der Waals surface area contributed by atoms with Gasteiger partial charge in [-0.3, -0.25) is 5.43 Å². The lowest BCUT2D eigenvalue weighted by molar-refractivity contribution is 0.919. The van der Waals surface area contributed by atoms with Crippen molar-refractivity contribution in [3.8, 4) is 0 Å². The molecule has 0 spiro atoms. The van der Waals surface area contributed by atoms with E-state index in [0.29, 0.717) is 0 Å². The van der Waals surface area contributed by atoms with Crippen LogP contribution >= 0.6 is 0 Å². The van der Waals surface area contributed by atoms with E-state index in [0.717, 1.165) is 29.0 Å². The summed E-state index contributed by atoms with van der Waals surface area (Å²) in [7, 11) is 0. The molecule has 1 aliphatic rings. The van der Waals surface area contributed by atoms with E-state index in [4.69, 9.17) is 0 Å². The maximum absolute atomic E-state index is 4.63. The van der Waals surface area contributed by atoms with Crippen molar-refractivity contribution < 1.29 is 0 Å². The topological polar surface area (TPSA) is 24.4 Å². The summed E-state index contributed by atoms with van der Waals surface area (Å²) in [6, 6.07) is 20.5. The number of hydrogen-bond donors (Lipinski definition) is 1. The minimum Gasteiger partial charge on any atom is -0.278 e. The van der Waals surface area contributed by atoms with Crippen LogP contribution in [-0.4, -0.2) is 5.71 Å². The van der Waals surface area contributed by atoms with E-state index >= 15 is 0 Å². The van der Waals surface area contributed by atoms with Gasteiger partial charge in [-0.05, 0) is 19.4 Å². The third-order valence-corrected chi connectivity index (χ3v) is 3.44. The Kier molecular flexibility index (Phi) is 3.97. The highest BCUT2D eigenvalue weighted by Gasteiger charge is 2.07. The number of hydrogen-bond acceptors (Lipinski definition) is 2. The molecule has 3 rings (SSSR count). The normalized spacial score (nSPS) is 13.4. The summed E-state index contributed by atoms with van der Waals surface area (Å²) in [6.07, 6.45) is 5.30. The molecule has 2 aromatic carbocycles. The Morgan fingerprint density at radius 1 is 0.905 bits per heavy atom. The summed E-state index contributed by atoms with van der Waals surface area (Å²) in [5.41, 5.74) is 8.77. The van der Waals surface area contributed by atoms with Crippen LogP contribution in [0.5, 0.6) is 0 Å². The predicted octanol–water partition coefficient (Wildman–Crippen LogP) is 4.26. The van der Waals surface area contributed by atoms with Crippen molar-refractivity contribution in [2.45, 2.75) is 13.3 Å². The number of hydrazone groups is 1. The Morgan fingerprint density at radius 2 is 1.48 bits per heavy atom. The average molecular weight is 274 g/mol. The molecule has 1 N–H and O–H groups in total. The van der Waals surface area contributed by atoms with Crippen LogP contribution in [0.1, 0.15) is 24.5 Å². The Bertz CT molecular complexity index is 653. The monoisotopic (exact) mass is 274 g/mol. The largest absolute Gasteiger partial charge is 0.278 e. The Morgan fingerprint density at radius 3 is 1.95 bits per heavy atom. The molecule has 0 radical (unpaired) electrons. The van der Waals surface area contributed by atoms with E-state index in [1.807, 2.05) is 36.4 Å². The maximum atomic E-state index is 4.63. The summed E-state index contributed by atoms with van der Waals surface area (Å²) >= 11 is 0. The molecule has 2 heteroatoms. The second-order valence-corrected chi connectivity index (χ2v) is 5.16. The van der Waals surface area contributed by atoms with Gasteiger partial charge in [-0.15, -0.1) is 0 Å². The fourth-order valence-corrected chi connectivity index (χ4v) is 2.34.